The van der Waals surface area contributed by atoms with Crippen LogP contribution in [0.15, 0.2) is 48.2 Å². The topological polar surface area (TPSA) is 92.5 Å². The zero-order valence-corrected chi connectivity index (χ0v) is 16.9. The van der Waals surface area contributed by atoms with Crippen molar-refractivity contribution in [1.29, 1.82) is 0 Å². The van der Waals surface area contributed by atoms with Crippen LogP contribution in [0.4, 0.5) is 10.1 Å². The molecule has 1 saturated heterocycles. The number of hydrogen-bond donors (Lipinski definition) is 1. The molecule has 2 amide bonds. The van der Waals surface area contributed by atoms with Gasteiger partial charge in [-0.05, 0) is 42.7 Å². The number of carbonyl (C=O) groups excluding carboxylic acids is 2. The molecule has 1 heterocycles. The van der Waals surface area contributed by atoms with Crippen molar-refractivity contribution < 1.29 is 18.9 Å². The second kappa shape index (κ2) is 8.06. The quantitative estimate of drug-likeness (QED) is 0.464. The number of hydrogen-bond acceptors (Lipinski definition) is 4. The molecule has 1 unspecified atom stereocenters. The lowest BCUT2D eigenvalue weighted by atomic mass is 9.84. The smallest absolute Gasteiger partial charge is 0.276 e. The largest absolute Gasteiger partial charge is 0.336 e. The van der Waals surface area contributed by atoms with Crippen LogP contribution >= 0.6 is 0 Å². The van der Waals surface area contributed by atoms with Crippen molar-refractivity contribution in [2.24, 2.45) is 0 Å². The number of likely N-dealkylation sites (N-methyl/N-ethyl adjacent to an activating group) is 1. The number of halogens is 1. The molecule has 1 N–H and O–H groups in total. The number of nitrogens with one attached hydrogen (secondary N) is 1. The van der Waals surface area contributed by atoms with Gasteiger partial charge in [0.05, 0.1) is 10.5 Å². The third-order valence-electron chi connectivity index (χ3n) is 5.46. The molecule has 0 bridgehead atoms. The first-order chi connectivity index (χ1) is 14.2. The number of piperazine rings is 1. The molecule has 8 heteroatoms. The van der Waals surface area contributed by atoms with Crippen LogP contribution in [0.5, 0.6) is 0 Å². The predicted octanol–water partition coefficient (Wildman–Crippen LogP) is 3.36. The van der Waals surface area contributed by atoms with Gasteiger partial charge in [0.25, 0.3) is 17.5 Å². The van der Waals surface area contributed by atoms with Crippen LogP contribution in [0.3, 0.4) is 0 Å². The standard InChI is InChI=1S/C22H22FN3O4/c1-4-22(13-15-8-10-16(23)11-9-15)21(28)25(3)19(20(27)24-22)12-17-14(2)6-5-7-18(17)26(29)30/h5-12H,4,13H2,1-3H3,(H,24,27). The van der Waals surface area contributed by atoms with E-state index in [2.05, 4.69) is 5.32 Å². The summed E-state index contributed by atoms with van der Waals surface area (Å²) in [6, 6.07) is 10.4. The van der Waals surface area contributed by atoms with Crippen molar-refractivity contribution in [2.45, 2.75) is 32.2 Å². The molecule has 156 valence electrons. The Morgan fingerprint density at radius 2 is 1.87 bits per heavy atom. The Kier molecular flexibility index (Phi) is 5.69. The number of nitro groups is 1. The fourth-order valence-corrected chi connectivity index (χ4v) is 3.66. The first-order valence-electron chi connectivity index (χ1n) is 9.49. The van der Waals surface area contributed by atoms with Gasteiger partial charge in [-0.25, -0.2) is 4.39 Å². The minimum atomic E-state index is -1.18. The van der Waals surface area contributed by atoms with Gasteiger partial charge in [-0.1, -0.05) is 31.2 Å². The van der Waals surface area contributed by atoms with Gasteiger partial charge in [0.1, 0.15) is 17.1 Å². The van der Waals surface area contributed by atoms with E-state index < -0.39 is 16.4 Å². The number of rotatable bonds is 5. The fraction of sp³-hybridized carbons (Fsp3) is 0.273. The van der Waals surface area contributed by atoms with Gasteiger partial charge in [0.15, 0.2) is 0 Å². The Labute approximate surface area is 173 Å². The van der Waals surface area contributed by atoms with E-state index in [9.17, 15) is 24.1 Å². The minimum absolute atomic E-state index is 0.0283. The second-order valence-corrected chi connectivity index (χ2v) is 7.35. The lowest BCUT2D eigenvalue weighted by Crippen LogP contribution is -2.65. The average Bonchev–Trinajstić information content (AvgIpc) is 2.71. The predicted molar refractivity (Wildman–Crippen MR) is 110 cm³/mol. The summed E-state index contributed by atoms with van der Waals surface area (Å²) in [6.45, 7) is 3.49. The van der Waals surface area contributed by atoms with Crippen molar-refractivity contribution >= 4 is 23.6 Å². The molecule has 0 aromatic heterocycles. The molecule has 1 aliphatic heterocycles. The number of nitro benzene ring substituents is 1. The lowest BCUT2D eigenvalue weighted by molar-refractivity contribution is -0.385. The number of nitrogens with zero attached hydrogens (tertiary/aromatic N) is 2. The molecule has 1 aliphatic rings. The average molecular weight is 411 g/mol. The van der Waals surface area contributed by atoms with E-state index in [0.717, 1.165) is 0 Å². The minimum Gasteiger partial charge on any atom is -0.336 e. The zero-order chi connectivity index (χ0) is 22.1. The molecule has 1 fully saturated rings. The summed E-state index contributed by atoms with van der Waals surface area (Å²) >= 11 is 0. The van der Waals surface area contributed by atoms with Gasteiger partial charge in [-0.3, -0.25) is 19.7 Å². The van der Waals surface area contributed by atoms with Crippen molar-refractivity contribution in [1.82, 2.24) is 10.2 Å². The Morgan fingerprint density at radius 3 is 2.47 bits per heavy atom. The normalized spacial score (nSPS) is 20.4. The van der Waals surface area contributed by atoms with E-state index in [1.165, 1.54) is 36.2 Å². The summed E-state index contributed by atoms with van der Waals surface area (Å²) in [4.78, 5) is 38.3. The molecule has 0 radical (unpaired) electrons. The third-order valence-corrected chi connectivity index (χ3v) is 5.46. The Bertz CT molecular complexity index is 1050. The molecular formula is C22H22FN3O4. The maximum Gasteiger partial charge on any atom is 0.276 e. The van der Waals surface area contributed by atoms with Crippen molar-refractivity contribution in [3.8, 4) is 0 Å². The van der Waals surface area contributed by atoms with Crippen molar-refractivity contribution in [3.05, 3.63) is 80.8 Å². The SMILES string of the molecule is CCC1(Cc2ccc(F)cc2)NC(=O)C(=Cc2c(C)cccc2[N+](=O)[O-])N(C)C1=O. The summed E-state index contributed by atoms with van der Waals surface area (Å²) in [5, 5.41) is 14.2. The number of carbonyl (C=O) groups is 2. The van der Waals surface area contributed by atoms with Gasteiger partial charge in [-0.15, -0.1) is 0 Å². The molecule has 1 atom stereocenters. The van der Waals surface area contributed by atoms with Crippen LogP contribution in [0.1, 0.15) is 30.0 Å². The molecule has 2 aromatic carbocycles. The number of amides is 2. The monoisotopic (exact) mass is 411 g/mol. The highest BCUT2D eigenvalue weighted by Gasteiger charge is 2.46. The Hall–Kier alpha value is -3.55. The van der Waals surface area contributed by atoms with Crippen LogP contribution in [0, 0.1) is 22.9 Å². The highest BCUT2D eigenvalue weighted by atomic mass is 19.1. The Balaban J connectivity index is 2.00. The highest BCUT2D eigenvalue weighted by Crippen LogP contribution is 2.30. The second-order valence-electron chi connectivity index (χ2n) is 7.35. The Morgan fingerprint density at radius 1 is 1.20 bits per heavy atom. The third kappa shape index (κ3) is 3.80. The fourth-order valence-electron chi connectivity index (χ4n) is 3.66. The summed E-state index contributed by atoms with van der Waals surface area (Å²) in [7, 11) is 1.48. The zero-order valence-electron chi connectivity index (χ0n) is 16.9. The van der Waals surface area contributed by atoms with Gasteiger partial charge in [-0.2, -0.15) is 0 Å². The van der Waals surface area contributed by atoms with Crippen LogP contribution in [0.25, 0.3) is 6.08 Å². The van der Waals surface area contributed by atoms with Crippen LogP contribution < -0.4 is 5.32 Å². The first-order valence-corrected chi connectivity index (χ1v) is 9.49. The van der Waals surface area contributed by atoms with E-state index in [1.54, 1.807) is 38.1 Å². The summed E-state index contributed by atoms with van der Waals surface area (Å²) in [5.74, 6) is -1.22. The van der Waals surface area contributed by atoms with Crippen molar-refractivity contribution in [3.63, 3.8) is 0 Å². The van der Waals surface area contributed by atoms with E-state index in [0.29, 0.717) is 17.5 Å². The van der Waals surface area contributed by atoms with Crippen LogP contribution in [-0.4, -0.2) is 34.2 Å². The van der Waals surface area contributed by atoms with E-state index in [4.69, 9.17) is 0 Å². The van der Waals surface area contributed by atoms with Gasteiger partial charge in [0, 0.05) is 19.5 Å². The maximum atomic E-state index is 13.3. The molecule has 0 saturated carbocycles. The number of benzene rings is 2. The van der Waals surface area contributed by atoms with Gasteiger partial charge < -0.3 is 10.2 Å². The molecule has 0 spiro atoms. The number of aryl methyl sites for hydroxylation is 1. The molecule has 7 nitrogen and oxygen atoms in total. The van der Waals surface area contributed by atoms with E-state index >= 15 is 0 Å². The van der Waals surface area contributed by atoms with E-state index in [1.807, 2.05) is 0 Å². The van der Waals surface area contributed by atoms with Crippen LogP contribution in [-0.2, 0) is 16.0 Å². The highest BCUT2D eigenvalue weighted by molar-refractivity contribution is 6.09. The van der Waals surface area contributed by atoms with Crippen LogP contribution in [0.2, 0.25) is 0 Å². The summed E-state index contributed by atoms with van der Waals surface area (Å²) in [6.07, 6.45) is 1.91. The van der Waals surface area contributed by atoms with Crippen molar-refractivity contribution in [2.75, 3.05) is 7.05 Å². The molecule has 0 aliphatic carbocycles. The summed E-state index contributed by atoms with van der Waals surface area (Å²) in [5.41, 5.74) is 0.301. The lowest BCUT2D eigenvalue weighted by Gasteiger charge is -2.41. The summed E-state index contributed by atoms with van der Waals surface area (Å²) < 4.78 is 13.2. The molecule has 30 heavy (non-hydrogen) atoms. The molecular weight excluding hydrogens is 389 g/mol. The molecule has 2 aromatic rings. The molecule has 3 rings (SSSR count). The van der Waals surface area contributed by atoms with Gasteiger partial charge >= 0.3 is 0 Å². The maximum absolute atomic E-state index is 13.3. The van der Waals surface area contributed by atoms with E-state index in [-0.39, 0.29) is 35.1 Å². The van der Waals surface area contributed by atoms with Gasteiger partial charge in [0.2, 0.25) is 0 Å². The first kappa shape index (κ1) is 21.2.